The Morgan fingerprint density at radius 2 is 1.69 bits per heavy atom. The number of carbonyl (C=O) groups excluding carboxylic acids is 1. The van der Waals surface area contributed by atoms with Gasteiger partial charge < -0.3 is 4.90 Å². The van der Waals surface area contributed by atoms with Crippen molar-refractivity contribution >= 4 is 16.9 Å². The maximum Gasteiger partial charge on any atom is 0.257 e. The van der Waals surface area contributed by atoms with E-state index in [1.54, 1.807) is 23.0 Å². The molecular formula is C33H34FN7O. The molecule has 0 saturated carbocycles. The van der Waals surface area contributed by atoms with E-state index in [-0.39, 0.29) is 17.6 Å². The Bertz CT molecular complexity index is 1700. The maximum atomic E-state index is 14.0. The lowest BCUT2D eigenvalue weighted by molar-refractivity contribution is 0.0788. The predicted molar refractivity (Wildman–Crippen MR) is 159 cm³/mol. The van der Waals surface area contributed by atoms with Crippen molar-refractivity contribution in [3.05, 3.63) is 107 Å². The van der Waals surface area contributed by atoms with Crippen LogP contribution in [0.15, 0.2) is 79.0 Å². The molecule has 0 unspecified atom stereocenters. The van der Waals surface area contributed by atoms with Gasteiger partial charge in [0.25, 0.3) is 5.91 Å². The van der Waals surface area contributed by atoms with Crippen LogP contribution in [0.5, 0.6) is 0 Å². The average Bonchev–Trinajstić information content (AvgIpc) is 3.77. The molecule has 214 valence electrons. The van der Waals surface area contributed by atoms with Crippen LogP contribution in [0.2, 0.25) is 0 Å². The average molecular weight is 564 g/mol. The molecule has 42 heavy (non-hydrogen) atoms. The SMILES string of the molecule is Cn1nnc2cc(CN3CCC(c4c(C(=O)N5CC[C@H](c6ccccc6)C5)cnn4-c4ccc(F)cc4)CC3)ccc21. The number of aromatic nitrogens is 5. The van der Waals surface area contributed by atoms with Gasteiger partial charge in [-0.3, -0.25) is 9.69 Å². The number of amides is 1. The van der Waals surface area contributed by atoms with Crippen LogP contribution in [-0.4, -0.2) is 66.7 Å². The zero-order valence-corrected chi connectivity index (χ0v) is 23.7. The van der Waals surface area contributed by atoms with Crippen LogP contribution in [0.25, 0.3) is 16.7 Å². The second kappa shape index (κ2) is 11.1. The number of rotatable bonds is 6. The number of piperidine rings is 1. The molecule has 2 fully saturated rings. The summed E-state index contributed by atoms with van der Waals surface area (Å²) in [7, 11) is 1.90. The van der Waals surface area contributed by atoms with Gasteiger partial charge in [0.1, 0.15) is 11.3 Å². The van der Waals surface area contributed by atoms with E-state index < -0.39 is 0 Å². The molecule has 0 bridgehead atoms. The molecule has 1 amide bonds. The highest BCUT2D eigenvalue weighted by Crippen LogP contribution is 2.35. The number of fused-ring (bicyclic) bond motifs is 1. The van der Waals surface area contributed by atoms with Gasteiger partial charge in [0.2, 0.25) is 0 Å². The summed E-state index contributed by atoms with van der Waals surface area (Å²) in [5, 5.41) is 13.1. The van der Waals surface area contributed by atoms with Crippen LogP contribution in [0.3, 0.4) is 0 Å². The monoisotopic (exact) mass is 563 g/mol. The summed E-state index contributed by atoms with van der Waals surface area (Å²) in [6.45, 7) is 4.10. The zero-order valence-electron chi connectivity index (χ0n) is 23.7. The number of hydrogen-bond donors (Lipinski definition) is 0. The molecule has 3 aromatic carbocycles. The first kappa shape index (κ1) is 26.5. The molecule has 1 atom stereocenters. The lowest BCUT2D eigenvalue weighted by Gasteiger charge is -2.33. The zero-order chi connectivity index (χ0) is 28.6. The molecule has 5 aromatic rings. The van der Waals surface area contributed by atoms with E-state index >= 15 is 0 Å². The van der Waals surface area contributed by atoms with E-state index in [0.29, 0.717) is 18.0 Å². The highest BCUT2D eigenvalue weighted by molar-refractivity contribution is 5.95. The van der Waals surface area contributed by atoms with Crippen molar-refractivity contribution < 1.29 is 9.18 Å². The van der Waals surface area contributed by atoms with Gasteiger partial charge in [-0.2, -0.15) is 5.10 Å². The second-order valence-electron chi connectivity index (χ2n) is 11.6. The normalized spacial score (nSPS) is 18.2. The van der Waals surface area contributed by atoms with Crippen molar-refractivity contribution in [2.24, 2.45) is 7.05 Å². The van der Waals surface area contributed by atoms with Crippen molar-refractivity contribution in [2.45, 2.75) is 37.6 Å². The molecule has 8 nitrogen and oxygen atoms in total. The van der Waals surface area contributed by atoms with Gasteiger partial charge in [-0.05, 0) is 79.9 Å². The molecular weight excluding hydrogens is 529 g/mol. The van der Waals surface area contributed by atoms with Gasteiger partial charge in [0, 0.05) is 38.5 Å². The van der Waals surface area contributed by atoms with Gasteiger partial charge in [0.15, 0.2) is 0 Å². The highest BCUT2D eigenvalue weighted by atomic mass is 19.1. The highest BCUT2D eigenvalue weighted by Gasteiger charge is 2.34. The number of benzene rings is 3. The van der Waals surface area contributed by atoms with Gasteiger partial charge in [-0.25, -0.2) is 13.8 Å². The third-order valence-electron chi connectivity index (χ3n) is 8.91. The molecule has 0 N–H and O–H groups in total. The summed E-state index contributed by atoms with van der Waals surface area (Å²) in [4.78, 5) is 18.4. The van der Waals surface area contributed by atoms with Crippen LogP contribution in [0, 0.1) is 5.82 Å². The minimum absolute atomic E-state index is 0.0384. The Balaban J connectivity index is 1.11. The molecule has 4 heterocycles. The summed E-state index contributed by atoms with van der Waals surface area (Å²) in [5.41, 5.74) is 6.81. The number of hydrogen-bond acceptors (Lipinski definition) is 5. The fourth-order valence-electron chi connectivity index (χ4n) is 6.62. The minimum atomic E-state index is -0.291. The number of halogens is 1. The van der Waals surface area contributed by atoms with Gasteiger partial charge in [-0.1, -0.05) is 41.6 Å². The fraction of sp³-hybridized carbons (Fsp3) is 0.333. The molecule has 0 spiro atoms. The largest absolute Gasteiger partial charge is 0.338 e. The number of nitrogens with zero attached hydrogens (tertiary/aromatic N) is 7. The lowest BCUT2D eigenvalue weighted by atomic mass is 9.90. The molecule has 2 aliphatic rings. The maximum absolute atomic E-state index is 14.0. The summed E-state index contributed by atoms with van der Waals surface area (Å²) in [5.74, 6) is 0.259. The first-order valence-electron chi connectivity index (χ1n) is 14.7. The number of likely N-dealkylation sites (tertiary alicyclic amines) is 2. The predicted octanol–water partition coefficient (Wildman–Crippen LogP) is 5.30. The van der Waals surface area contributed by atoms with Crippen LogP contribution in [-0.2, 0) is 13.6 Å². The molecule has 2 aromatic heterocycles. The van der Waals surface area contributed by atoms with Crippen LogP contribution < -0.4 is 0 Å². The number of aryl methyl sites for hydroxylation is 1. The first-order valence-corrected chi connectivity index (χ1v) is 14.7. The summed E-state index contributed by atoms with van der Waals surface area (Å²) in [6, 6.07) is 23.2. The Kier molecular flexibility index (Phi) is 7.03. The molecule has 7 rings (SSSR count). The van der Waals surface area contributed by atoms with Gasteiger partial charge in [0.05, 0.1) is 28.7 Å². The summed E-state index contributed by atoms with van der Waals surface area (Å²) < 4.78 is 17.4. The molecule has 0 aliphatic carbocycles. The Hall–Kier alpha value is -4.37. The first-order chi connectivity index (χ1) is 20.5. The lowest BCUT2D eigenvalue weighted by Crippen LogP contribution is -2.34. The van der Waals surface area contributed by atoms with E-state index in [0.717, 1.165) is 67.9 Å². The van der Waals surface area contributed by atoms with E-state index in [4.69, 9.17) is 5.10 Å². The van der Waals surface area contributed by atoms with Crippen molar-refractivity contribution in [3.63, 3.8) is 0 Å². The van der Waals surface area contributed by atoms with Gasteiger partial charge in [-0.15, -0.1) is 5.10 Å². The molecule has 2 aliphatic heterocycles. The van der Waals surface area contributed by atoms with Crippen molar-refractivity contribution in [3.8, 4) is 5.69 Å². The fourth-order valence-corrected chi connectivity index (χ4v) is 6.62. The summed E-state index contributed by atoms with van der Waals surface area (Å²) in [6.07, 6.45) is 4.50. The minimum Gasteiger partial charge on any atom is -0.338 e. The van der Waals surface area contributed by atoms with Crippen LogP contribution in [0.4, 0.5) is 4.39 Å². The van der Waals surface area contributed by atoms with E-state index in [1.165, 1.54) is 23.3 Å². The van der Waals surface area contributed by atoms with Crippen molar-refractivity contribution in [1.82, 2.24) is 34.6 Å². The smallest absolute Gasteiger partial charge is 0.257 e. The number of carbonyl (C=O) groups is 1. The standard InChI is InChI=1S/C33H34FN7O/c1-38-31-12-7-23(19-30(31)36-37-38)21-39-16-13-25(14-17-39)32-29(20-35-41(32)28-10-8-27(34)9-11-28)33(42)40-18-15-26(22-40)24-5-3-2-4-6-24/h2-12,19-20,25-26H,13-18,21-22H2,1H3/t26-/m0/s1. The quantitative estimate of drug-likeness (QED) is 0.280. The third-order valence-corrected chi connectivity index (χ3v) is 8.91. The topological polar surface area (TPSA) is 72.1 Å². The summed E-state index contributed by atoms with van der Waals surface area (Å²) >= 11 is 0. The second-order valence-corrected chi connectivity index (χ2v) is 11.6. The van der Waals surface area contributed by atoms with Gasteiger partial charge >= 0.3 is 0 Å². The Morgan fingerprint density at radius 1 is 0.929 bits per heavy atom. The Labute approximate surface area is 244 Å². The molecule has 9 heteroatoms. The van der Waals surface area contributed by atoms with Crippen LogP contribution in [0.1, 0.15) is 58.3 Å². The van der Waals surface area contributed by atoms with Crippen LogP contribution >= 0.6 is 0 Å². The molecule has 0 radical (unpaired) electrons. The third kappa shape index (κ3) is 5.09. The van der Waals surface area contributed by atoms with E-state index in [2.05, 4.69) is 57.7 Å². The van der Waals surface area contributed by atoms with Crippen molar-refractivity contribution in [2.75, 3.05) is 26.2 Å². The Morgan fingerprint density at radius 3 is 2.48 bits per heavy atom. The van der Waals surface area contributed by atoms with E-state index in [1.807, 2.05) is 22.7 Å². The van der Waals surface area contributed by atoms with Crippen molar-refractivity contribution in [1.29, 1.82) is 0 Å². The molecule has 2 saturated heterocycles. The van der Waals surface area contributed by atoms with E-state index in [9.17, 15) is 9.18 Å².